The van der Waals surface area contributed by atoms with E-state index < -0.39 is 5.54 Å². The summed E-state index contributed by atoms with van der Waals surface area (Å²) < 4.78 is 20.2. The van der Waals surface area contributed by atoms with E-state index in [2.05, 4.69) is 22.6 Å². The van der Waals surface area contributed by atoms with Gasteiger partial charge in [0.1, 0.15) is 5.82 Å². The van der Waals surface area contributed by atoms with Gasteiger partial charge in [-0.15, -0.1) is 5.10 Å². The summed E-state index contributed by atoms with van der Waals surface area (Å²) in [6.07, 6.45) is 5.43. The molecular formula is C19H23FN4O2. The molecule has 138 valence electrons. The predicted molar refractivity (Wildman–Crippen MR) is 93.0 cm³/mol. The van der Waals surface area contributed by atoms with E-state index in [1.54, 1.807) is 23.0 Å². The van der Waals surface area contributed by atoms with E-state index in [9.17, 15) is 9.18 Å². The van der Waals surface area contributed by atoms with Gasteiger partial charge in [-0.25, -0.2) is 4.39 Å². The molecule has 1 aromatic heterocycles. The number of nitrogens with zero attached hydrogens (tertiary/aromatic N) is 3. The summed E-state index contributed by atoms with van der Waals surface area (Å²) in [5.74, 6) is -0.512. The van der Waals surface area contributed by atoms with Crippen LogP contribution < -0.4 is 5.32 Å². The number of benzene rings is 1. The van der Waals surface area contributed by atoms with Crippen molar-refractivity contribution in [3.05, 3.63) is 47.5 Å². The van der Waals surface area contributed by atoms with Gasteiger partial charge in [0.2, 0.25) is 0 Å². The van der Waals surface area contributed by atoms with Crippen molar-refractivity contribution in [2.24, 2.45) is 5.41 Å². The summed E-state index contributed by atoms with van der Waals surface area (Å²) in [7, 11) is 0. The maximum Gasteiger partial charge on any atom is 0.274 e. The molecule has 1 saturated carbocycles. The Hall–Kier alpha value is -2.28. The first-order valence-electron chi connectivity index (χ1n) is 9.05. The molecule has 1 aliphatic heterocycles. The molecule has 26 heavy (non-hydrogen) atoms. The maximum atomic E-state index is 13.3. The van der Waals surface area contributed by atoms with Crippen LogP contribution in [-0.2, 0) is 16.8 Å². The Labute approximate surface area is 151 Å². The van der Waals surface area contributed by atoms with Gasteiger partial charge in [-0.3, -0.25) is 9.48 Å². The molecule has 2 heterocycles. The van der Waals surface area contributed by atoms with E-state index in [1.165, 1.54) is 12.1 Å². The van der Waals surface area contributed by atoms with Gasteiger partial charge in [-0.1, -0.05) is 37.1 Å². The van der Waals surface area contributed by atoms with Crippen LogP contribution in [0.4, 0.5) is 4.39 Å². The van der Waals surface area contributed by atoms with Crippen LogP contribution in [0.5, 0.6) is 0 Å². The lowest BCUT2D eigenvalue weighted by Gasteiger charge is -2.37. The van der Waals surface area contributed by atoms with Gasteiger partial charge in [0.25, 0.3) is 5.91 Å². The van der Waals surface area contributed by atoms with Crippen molar-refractivity contribution in [2.75, 3.05) is 13.2 Å². The Morgan fingerprint density at radius 3 is 2.58 bits per heavy atom. The molecule has 0 atom stereocenters. The Bertz CT molecular complexity index is 792. The zero-order chi connectivity index (χ0) is 18.2. The third-order valence-corrected chi connectivity index (χ3v) is 5.42. The molecule has 1 aromatic carbocycles. The van der Waals surface area contributed by atoms with Gasteiger partial charge in [-0.2, -0.15) is 0 Å². The fraction of sp³-hybridized carbons (Fsp3) is 0.526. The Kier molecular flexibility index (Phi) is 4.26. The quantitative estimate of drug-likeness (QED) is 0.892. The molecule has 2 aromatic rings. The molecule has 0 spiro atoms. The fourth-order valence-electron chi connectivity index (χ4n) is 3.93. The standard InChI is InChI=1S/C19H23FN4O2/c1-18(12-26-13-18)11-24-10-16(22-23-24)17(25)21-19(8-2-3-9-19)14-4-6-15(20)7-5-14/h4-7,10H,2-3,8-9,11-13H2,1H3,(H,21,25). The lowest BCUT2D eigenvalue weighted by Crippen LogP contribution is -2.44. The monoisotopic (exact) mass is 358 g/mol. The molecule has 4 rings (SSSR count). The number of amides is 1. The second kappa shape index (κ2) is 6.46. The number of hydrogen-bond donors (Lipinski definition) is 1. The van der Waals surface area contributed by atoms with Gasteiger partial charge < -0.3 is 10.1 Å². The minimum Gasteiger partial charge on any atom is -0.380 e. The summed E-state index contributed by atoms with van der Waals surface area (Å²) in [5.41, 5.74) is 0.850. The highest BCUT2D eigenvalue weighted by Gasteiger charge is 2.38. The second-order valence-electron chi connectivity index (χ2n) is 7.86. The normalized spacial score (nSPS) is 20.5. The van der Waals surface area contributed by atoms with E-state index in [4.69, 9.17) is 4.74 Å². The summed E-state index contributed by atoms with van der Waals surface area (Å²) in [6.45, 7) is 4.19. The van der Waals surface area contributed by atoms with Crippen molar-refractivity contribution < 1.29 is 13.9 Å². The smallest absolute Gasteiger partial charge is 0.274 e. The molecular weight excluding hydrogens is 335 g/mol. The highest BCUT2D eigenvalue weighted by molar-refractivity contribution is 5.92. The van der Waals surface area contributed by atoms with Crippen LogP contribution in [0.3, 0.4) is 0 Å². The third kappa shape index (κ3) is 3.23. The van der Waals surface area contributed by atoms with Crippen molar-refractivity contribution in [3.63, 3.8) is 0 Å². The highest BCUT2D eigenvalue weighted by Crippen LogP contribution is 2.39. The van der Waals surface area contributed by atoms with Crippen molar-refractivity contribution >= 4 is 5.91 Å². The summed E-state index contributed by atoms with van der Waals surface area (Å²) in [6, 6.07) is 6.41. The Balaban J connectivity index is 1.50. The van der Waals surface area contributed by atoms with Crippen molar-refractivity contribution in [1.29, 1.82) is 0 Å². The van der Waals surface area contributed by atoms with Crippen molar-refractivity contribution in [1.82, 2.24) is 20.3 Å². The molecule has 2 fully saturated rings. The molecule has 1 amide bonds. The minimum absolute atomic E-state index is 0.0578. The maximum absolute atomic E-state index is 13.3. The van der Waals surface area contributed by atoms with Gasteiger partial charge in [0.15, 0.2) is 5.69 Å². The number of nitrogens with one attached hydrogen (secondary N) is 1. The second-order valence-corrected chi connectivity index (χ2v) is 7.86. The van der Waals surface area contributed by atoms with Gasteiger partial charge in [-0.05, 0) is 30.5 Å². The van der Waals surface area contributed by atoms with Crippen LogP contribution >= 0.6 is 0 Å². The van der Waals surface area contributed by atoms with Crippen molar-refractivity contribution in [3.8, 4) is 0 Å². The first kappa shape index (κ1) is 17.1. The first-order chi connectivity index (χ1) is 12.5. The number of hydrogen-bond acceptors (Lipinski definition) is 4. The fourth-order valence-corrected chi connectivity index (χ4v) is 3.93. The van der Waals surface area contributed by atoms with E-state index in [0.717, 1.165) is 31.2 Å². The zero-order valence-electron chi connectivity index (χ0n) is 14.9. The number of halogens is 1. The topological polar surface area (TPSA) is 69.0 Å². The van der Waals surface area contributed by atoms with Crippen molar-refractivity contribution in [2.45, 2.75) is 44.7 Å². The number of carbonyl (C=O) groups is 1. The van der Waals surface area contributed by atoms with Gasteiger partial charge in [0, 0.05) is 5.41 Å². The number of aromatic nitrogens is 3. The largest absolute Gasteiger partial charge is 0.380 e. The van der Waals surface area contributed by atoms with Crippen LogP contribution in [-0.4, -0.2) is 34.1 Å². The molecule has 2 aliphatic rings. The average Bonchev–Trinajstić information content (AvgIpc) is 3.24. The van der Waals surface area contributed by atoms with Crippen LogP contribution in [0.2, 0.25) is 0 Å². The summed E-state index contributed by atoms with van der Waals surface area (Å²) in [4.78, 5) is 12.8. The number of ether oxygens (including phenoxy) is 1. The summed E-state index contributed by atoms with van der Waals surface area (Å²) >= 11 is 0. The average molecular weight is 358 g/mol. The van der Waals surface area contributed by atoms with Crippen LogP contribution in [0.1, 0.15) is 48.7 Å². The minimum atomic E-state index is -0.456. The molecule has 7 heteroatoms. The Morgan fingerprint density at radius 1 is 1.27 bits per heavy atom. The third-order valence-electron chi connectivity index (χ3n) is 5.42. The highest BCUT2D eigenvalue weighted by atomic mass is 19.1. The lowest BCUT2D eigenvalue weighted by molar-refractivity contribution is -0.111. The molecule has 1 saturated heterocycles. The van der Waals surface area contributed by atoms with Crippen LogP contribution in [0.15, 0.2) is 30.5 Å². The SMILES string of the molecule is CC1(Cn2cc(C(=O)NC3(c4ccc(F)cc4)CCCC3)nn2)COC1. The van der Waals surface area contributed by atoms with E-state index in [-0.39, 0.29) is 17.1 Å². The van der Waals surface area contributed by atoms with Crippen LogP contribution in [0.25, 0.3) is 0 Å². The van der Waals surface area contributed by atoms with E-state index in [0.29, 0.717) is 25.5 Å². The van der Waals surface area contributed by atoms with Gasteiger partial charge >= 0.3 is 0 Å². The van der Waals surface area contributed by atoms with E-state index in [1.807, 2.05) is 0 Å². The molecule has 0 radical (unpaired) electrons. The Morgan fingerprint density at radius 2 is 1.96 bits per heavy atom. The molecule has 0 unspecified atom stereocenters. The number of carbonyl (C=O) groups excluding carboxylic acids is 1. The number of rotatable bonds is 5. The van der Waals surface area contributed by atoms with Gasteiger partial charge in [0.05, 0.1) is 31.5 Å². The van der Waals surface area contributed by atoms with Crippen LogP contribution in [0, 0.1) is 11.2 Å². The summed E-state index contributed by atoms with van der Waals surface area (Å²) in [5, 5.41) is 11.3. The molecule has 6 nitrogen and oxygen atoms in total. The molecule has 1 N–H and O–H groups in total. The molecule has 0 bridgehead atoms. The molecule has 1 aliphatic carbocycles. The zero-order valence-corrected chi connectivity index (χ0v) is 14.9. The predicted octanol–water partition coefficient (Wildman–Crippen LogP) is 2.65. The van der Waals surface area contributed by atoms with E-state index >= 15 is 0 Å². The lowest BCUT2D eigenvalue weighted by atomic mass is 9.88. The first-order valence-corrected chi connectivity index (χ1v) is 9.05.